The molecule has 7 heteroatoms. The Morgan fingerprint density at radius 3 is 2.76 bits per heavy atom. The third kappa shape index (κ3) is 4.63. The Hall–Kier alpha value is -1.57. The van der Waals surface area contributed by atoms with Gasteiger partial charge in [0.25, 0.3) is 0 Å². The summed E-state index contributed by atoms with van der Waals surface area (Å²) < 4.78 is 18.9. The molecule has 5 aliphatic rings. The first kappa shape index (κ1) is 24.1. The van der Waals surface area contributed by atoms with Gasteiger partial charge in [0, 0.05) is 6.04 Å². The van der Waals surface area contributed by atoms with Crippen LogP contribution in [-0.4, -0.2) is 50.1 Å². The lowest BCUT2D eigenvalue weighted by Crippen LogP contribution is -2.65. The molecular formula is C27H41BN2O4. The number of benzene rings is 1. The molecule has 1 unspecified atom stereocenters. The lowest BCUT2D eigenvalue weighted by molar-refractivity contribution is -0.199. The fourth-order valence-electron chi connectivity index (χ4n) is 6.88. The number of carbonyl (C=O) groups is 1. The summed E-state index contributed by atoms with van der Waals surface area (Å²) in [7, 11) is -0.477. The number of ether oxygens (including phenoxy) is 1. The van der Waals surface area contributed by atoms with Crippen molar-refractivity contribution >= 4 is 13.2 Å². The normalized spacial score (nSPS) is 35.0. The Kier molecular flexibility index (Phi) is 6.73. The first-order valence-corrected chi connectivity index (χ1v) is 13.3. The quantitative estimate of drug-likeness (QED) is 0.605. The predicted molar refractivity (Wildman–Crippen MR) is 134 cm³/mol. The second-order valence-corrected chi connectivity index (χ2v) is 11.9. The van der Waals surface area contributed by atoms with Crippen LogP contribution >= 0.6 is 0 Å². The van der Waals surface area contributed by atoms with Crippen LogP contribution in [0.15, 0.2) is 24.3 Å². The summed E-state index contributed by atoms with van der Waals surface area (Å²) in [6, 6.07) is 8.69. The van der Waals surface area contributed by atoms with E-state index >= 15 is 0 Å². The van der Waals surface area contributed by atoms with Crippen LogP contribution in [0, 0.1) is 24.2 Å². The molecule has 1 aromatic rings. The lowest BCUT2D eigenvalue weighted by atomic mass is 9.43. The molecule has 3 saturated carbocycles. The molecule has 3 aliphatic carbocycles. The van der Waals surface area contributed by atoms with Gasteiger partial charge in [0.2, 0.25) is 0 Å². The van der Waals surface area contributed by atoms with Gasteiger partial charge in [0.1, 0.15) is 6.61 Å². The van der Waals surface area contributed by atoms with E-state index in [4.69, 9.17) is 14.0 Å². The molecule has 2 bridgehead atoms. The van der Waals surface area contributed by atoms with Crippen LogP contribution in [0.1, 0.15) is 70.4 Å². The van der Waals surface area contributed by atoms with Crippen molar-refractivity contribution in [1.29, 1.82) is 0 Å². The smallest absolute Gasteiger partial charge is 0.448 e. The molecule has 2 saturated heterocycles. The first-order valence-electron chi connectivity index (χ1n) is 13.3. The molecule has 5 fully saturated rings. The molecule has 6 rings (SSSR count). The summed E-state index contributed by atoms with van der Waals surface area (Å²) in [4.78, 5) is 12.9. The number of alkyl carbamates (subject to hydrolysis) is 1. The van der Waals surface area contributed by atoms with Crippen LogP contribution in [0.2, 0.25) is 0 Å². The van der Waals surface area contributed by atoms with Crippen molar-refractivity contribution in [3.8, 4) is 0 Å². The average molecular weight is 468 g/mol. The van der Waals surface area contributed by atoms with Gasteiger partial charge in [-0.2, -0.15) is 0 Å². The molecular weight excluding hydrogens is 427 g/mol. The van der Waals surface area contributed by atoms with Gasteiger partial charge in [-0.1, -0.05) is 56.5 Å². The second-order valence-electron chi connectivity index (χ2n) is 11.9. The number of aryl methyl sites for hydroxylation is 1. The van der Waals surface area contributed by atoms with Gasteiger partial charge in [-0.15, -0.1) is 0 Å². The molecule has 1 aromatic carbocycles. The third-order valence-corrected chi connectivity index (χ3v) is 9.25. The number of hydrogen-bond donors (Lipinski definition) is 2. The summed E-state index contributed by atoms with van der Waals surface area (Å²) in [5, 5.41) is 6.61. The van der Waals surface area contributed by atoms with Crippen molar-refractivity contribution in [3.05, 3.63) is 35.4 Å². The molecule has 1 amide bonds. The zero-order valence-electron chi connectivity index (χ0n) is 21.3. The van der Waals surface area contributed by atoms with Crippen molar-refractivity contribution in [3.63, 3.8) is 0 Å². The molecule has 2 heterocycles. The van der Waals surface area contributed by atoms with E-state index in [0.717, 1.165) is 24.9 Å². The van der Waals surface area contributed by atoms with Crippen LogP contribution in [-0.2, 0) is 20.5 Å². The van der Waals surface area contributed by atoms with Crippen molar-refractivity contribution < 1.29 is 18.8 Å². The van der Waals surface area contributed by atoms with Gasteiger partial charge in [0.15, 0.2) is 0 Å². The van der Waals surface area contributed by atoms with E-state index in [1.54, 1.807) is 0 Å². The Morgan fingerprint density at radius 1 is 1.21 bits per heavy atom. The SMILES string of the molecule is Cc1ccc(CC(NC(=O)OC[C@H]2CCCCCN2)B2O[C@@H]3C[C@@H]4C[C@@H](C4(C)C)[C@]3(C)O2)cc1. The van der Waals surface area contributed by atoms with E-state index in [-0.39, 0.29) is 35.2 Å². The number of rotatable bonds is 6. The van der Waals surface area contributed by atoms with E-state index in [0.29, 0.717) is 24.9 Å². The molecule has 2 aliphatic heterocycles. The Morgan fingerprint density at radius 2 is 2.00 bits per heavy atom. The molecule has 186 valence electrons. The summed E-state index contributed by atoms with van der Waals surface area (Å²) >= 11 is 0. The molecule has 6 atom stereocenters. The van der Waals surface area contributed by atoms with Crippen molar-refractivity contribution in [2.45, 2.75) is 96.3 Å². The highest BCUT2D eigenvalue weighted by atomic mass is 16.7. The Balaban J connectivity index is 1.27. The van der Waals surface area contributed by atoms with Gasteiger partial charge in [-0.05, 0) is 75.3 Å². The fourth-order valence-corrected chi connectivity index (χ4v) is 6.88. The van der Waals surface area contributed by atoms with Crippen molar-refractivity contribution in [2.24, 2.45) is 17.3 Å². The summed E-state index contributed by atoms with van der Waals surface area (Å²) in [6.07, 6.45) is 7.24. The molecule has 34 heavy (non-hydrogen) atoms. The number of hydrogen-bond acceptors (Lipinski definition) is 5. The standard InChI is InChI=1S/C27H41BN2O4/c1-18-9-11-19(12-10-18)14-24(30-25(31)32-17-21-8-6-5-7-13-29-21)28-33-23-16-20-15-22(26(20,2)3)27(23,4)34-28/h9-12,20-24,29H,5-8,13-17H2,1-4H3,(H,30,31)/t20-,21+,22-,23+,24?,27-/m0/s1. The fraction of sp³-hybridized carbons (Fsp3) is 0.741. The summed E-state index contributed by atoms with van der Waals surface area (Å²) in [5.41, 5.74) is 2.36. The highest BCUT2D eigenvalue weighted by Crippen LogP contribution is 2.65. The molecule has 2 N–H and O–H groups in total. The summed E-state index contributed by atoms with van der Waals surface area (Å²) in [5.74, 6) is 0.876. The third-order valence-electron chi connectivity index (χ3n) is 9.25. The van der Waals surface area contributed by atoms with Crippen LogP contribution in [0.25, 0.3) is 0 Å². The lowest BCUT2D eigenvalue weighted by Gasteiger charge is -2.64. The minimum atomic E-state index is -0.477. The maximum atomic E-state index is 12.9. The van der Waals surface area contributed by atoms with Gasteiger partial charge >= 0.3 is 13.2 Å². The van der Waals surface area contributed by atoms with Crippen LogP contribution in [0.4, 0.5) is 4.79 Å². The van der Waals surface area contributed by atoms with Crippen LogP contribution in [0.5, 0.6) is 0 Å². The van der Waals surface area contributed by atoms with Crippen LogP contribution in [0.3, 0.4) is 0 Å². The molecule has 0 aromatic heterocycles. The van der Waals surface area contributed by atoms with Gasteiger partial charge < -0.3 is 24.7 Å². The number of carbonyl (C=O) groups excluding carboxylic acids is 1. The van der Waals surface area contributed by atoms with E-state index in [9.17, 15) is 4.79 Å². The van der Waals surface area contributed by atoms with Crippen molar-refractivity contribution in [1.82, 2.24) is 10.6 Å². The number of amides is 1. The van der Waals surface area contributed by atoms with Crippen LogP contribution < -0.4 is 10.6 Å². The maximum Gasteiger partial charge on any atom is 0.482 e. The number of nitrogens with one attached hydrogen (secondary N) is 2. The maximum absolute atomic E-state index is 12.9. The minimum Gasteiger partial charge on any atom is -0.448 e. The Labute approximate surface area is 205 Å². The monoisotopic (exact) mass is 468 g/mol. The highest BCUT2D eigenvalue weighted by Gasteiger charge is 2.68. The van der Waals surface area contributed by atoms with E-state index in [1.807, 2.05) is 0 Å². The zero-order valence-corrected chi connectivity index (χ0v) is 21.3. The average Bonchev–Trinajstić information content (AvgIpc) is 2.97. The van der Waals surface area contributed by atoms with E-state index < -0.39 is 7.12 Å². The molecule has 0 spiro atoms. The molecule has 6 nitrogen and oxygen atoms in total. The second kappa shape index (κ2) is 9.48. The Bertz CT molecular complexity index is 870. The topological polar surface area (TPSA) is 68.8 Å². The largest absolute Gasteiger partial charge is 0.482 e. The van der Waals surface area contributed by atoms with Gasteiger partial charge in [-0.3, -0.25) is 0 Å². The molecule has 0 radical (unpaired) electrons. The van der Waals surface area contributed by atoms with Gasteiger partial charge in [0.05, 0.1) is 17.6 Å². The first-order chi connectivity index (χ1) is 16.3. The predicted octanol–water partition coefficient (Wildman–Crippen LogP) is 4.43. The van der Waals surface area contributed by atoms with Crippen molar-refractivity contribution in [2.75, 3.05) is 13.2 Å². The van der Waals surface area contributed by atoms with Gasteiger partial charge in [-0.25, -0.2) is 4.79 Å². The van der Waals surface area contributed by atoms with E-state index in [2.05, 4.69) is 62.6 Å². The zero-order chi connectivity index (χ0) is 23.9. The minimum absolute atomic E-state index is 0.0859. The van der Waals surface area contributed by atoms with E-state index in [1.165, 1.54) is 31.2 Å². The highest BCUT2D eigenvalue weighted by molar-refractivity contribution is 6.47. The summed E-state index contributed by atoms with van der Waals surface area (Å²) in [6.45, 7) is 10.4.